The van der Waals surface area contributed by atoms with Crippen molar-refractivity contribution in [1.29, 1.82) is 0 Å². The van der Waals surface area contributed by atoms with E-state index in [0.717, 1.165) is 11.4 Å². The smallest absolute Gasteiger partial charge is 0.289 e. The van der Waals surface area contributed by atoms with Gasteiger partial charge in [-0.15, -0.1) is 0 Å². The zero-order valence-electron chi connectivity index (χ0n) is 16.0. The van der Waals surface area contributed by atoms with E-state index in [1.807, 2.05) is 25.1 Å². The molecule has 3 heterocycles. The minimum Gasteiger partial charge on any atom is -0.459 e. The van der Waals surface area contributed by atoms with Crippen molar-refractivity contribution in [2.24, 2.45) is 0 Å². The van der Waals surface area contributed by atoms with E-state index in [2.05, 4.69) is 5.10 Å². The molecule has 0 unspecified atom stereocenters. The summed E-state index contributed by atoms with van der Waals surface area (Å²) in [5.74, 6) is 0.103. The standard InChI is InChI=1S/C21H21ClN4O3/c1-2-18-17(14-23-26(18)16-6-3-5-15(22)13-16)20(27)24-8-10-25(11-9-24)21(28)19-7-4-12-29-19/h3-7,12-14H,2,8-11H2,1H3. The van der Waals surface area contributed by atoms with Gasteiger partial charge in [0.05, 0.1) is 29.4 Å². The van der Waals surface area contributed by atoms with E-state index >= 15 is 0 Å². The third-order valence-electron chi connectivity index (χ3n) is 5.07. The molecule has 7 nitrogen and oxygen atoms in total. The second-order valence-corrected chi connectivity index (χ2v) is 7.25. The summed E-state index contributed by atoms with van der Waals surface area (Å²) in [5.41, 5.74) is 2.24. The molecule has 3 aromatic rings. The summed E-state index contributed by atoms with van der Waals surface area (Å²) in [4.78, 5) is 29.0. The van der Waals surface area contributed by atoms with E-state index in [9.17, 15) is 9.59 Å². The molecule has 0 saturated carbocycles. The molecule has 29 heavy (non-hydrogen) atoms. The van der Waals surface area contributed by atoms with Crippen molar-refractivity contribution in [2.45, 2.75) is 13.3 Å². The SMILES string of the molecule is CCc1c(C(=O)N2CCN(C(=O)c3ccco3)CC2)cnn1-c1cccc(Cl)c1. The van der Waals surface area contributed by atoms with E-state index in [1.165, 1.54) is 6.26 Å². The fourth-order valence-corrected chi connectivity index (χ4v) is 3.75. The fraction of sp³-hybridized carbons (Fsp3) is 0.286. The molecule has 1 saturated heterocycles. The average molecular weight is 413 g/mol. The number of furan rings is 1. The van der Waals surface area contributed by atoms with Gasteiger partial charge in [0.15, 0.2) is 5.76 Å². The predicted molar refractivity (Wildman–Crippen MR) is 108 cm³/mol. The number of halogens is 1. The van der Waals surface area contributed by atoms with Gasteiger partial charge in [0.2, 0.25) is 0 Å². The Morgan fingerprint density at radius 2 is 1.79 bits per heavy atom. The van der Waals surface area contributed by atoms with Gasteiger partial charge in [-0.2, -0.15) is 5.10 Å². The average Bonchev–Trinajstić information content (AvgIpc) is 3.42. The second kappa shape index (κ2) is 8.13. The lowest BCUT2D eigenvalue weighted by Crippen LogP contribution is -2.50. The van der Waals surface area contributed by atoms with Crippen LogP contribution in [0.4, 0.5) is 0 Å². The minimum absolute atomic E-state index is 0.0692. The third-order valence-corrected chi connectivity index (χ3v) is 5.31. The van der Waals surface area contributed by atoms with E-state index in [-0.39, 0.29) is 11.8 Å². The number of nitrogens with zero attached hydrogens (tertiary/aromatic N) is 4. The molecule has 150 valence electrons. The molecule has 0 aliphatic carbocycles. The number of aromatic nitrogens is 2. The number of hydrogen-bond acceptors (Lipinski definition) is 4. The van der Waals surface area contributed by atoms with Crippen LogP contribution < -0.4 is 0 Å². The van der Waals surface area contributed by atoms with Crippen LogP contribution in [0.2, 0.25) is 5.02 Å². The zero-order valence-corrected chi connectivity index (χ0v) is 16.8. The Labute approximate surface area is 173 Å². The maximum Gasteiger partial charge on any atom is 0.289 e. The van der Waals surface area contributed by atoms with E-state index in [4.69, 9.17) is 16.0 Å². The first-order valence-corrected chi connectivity index (χ1v) is 9.91. The van der Waals surface area contributed by atoms with Crippen molar-refractivity contribution >= 4 is 23.4 Å². The lowest BCUT2D eigenvalue weighted by molar-refractivity contribution is 0.0517. The molecule has 2 amide bonds. The quantitative estimate of drug-likeness (QED) is 0.659. The second-order valence-electron chi connectivity index (χ2n) is 6.81. The minimum atomic E-state index is -0.148. The van der Waals surface area contributed by atoms with Crippen molar-refractivity contribution in [2.75, 3.05) is 26.2 Å². The summed E-state index contributed by atoms with van der Waals surface area (Å²) in [5, 5.41) is 5.04. The Hall–Kier alpha value is -3.06. The van der Waals surface area contributed by atoms with Crippen LogP contribution in [0.15, 0.2) is 53.3 Å². The lowest BCUT2D eigenvalue weighted by Gasteiger charge is -2.34. The number of benzene rings is 1. The highest BCUT2D eigenvalue weighted by molar-refractivity contribution is 6.30. The molecule has 0 radical (unpaired) electrons. The van der Waals surface area contributed by atoms with Crippen LogP contribution in [0.25, 0.3) is 5.69 Å². The largest absolute Gasteiger partial charge is 0.459 e. The summed E-state index contributed by atoms with van der Waals surface area (Å²) < 4.78 is 6.94. The molecule has 0 N–H and O–H groups in total. The van der Waals surface area contributed by atoms with Gasteiger partial charge in [-0.1, -0.05) is 24.6 Å². The van der Waals surface area contributed by atoms with Crippen LogP contribution in [0.1, 0.15) is 33.5 Å². The van der Waals surface area contributed by atoms with Gasteiger partial charge >= 0.3 is 0 Å². The summed E-state index contributed by atoms with van der Waals surface area (Å²) in [6.07, 6.45) is 3.75. The Balaban J connectivity index is 1.49. The molecule has 0 atom stereocenters. The number of rotatable bonds is 4. The van der Waals surface area contributed by atoms with E-state index in [0.29, 0.717) is 48.9 Å². The molecule has 1 aliphatic heterocycles. The van der Waals surface area contributed by atoms with Gasteiger partial charge in [0.1, 0.15) is 0 Å². The summed E-state index contributed by atoms with van der Waals surface area (Å²) in [7, 11) is 0. The van der Waals surface area contributed by atoms with Gasteiger partial charge in [-0.25, -0.2) is 4.68 Å². The molecular formula is C21H21ClN4O3. The summed E-state index contributed by atoms with van der Waals surface area (Å²) in [6.45, 7) is 3.87. The molecule has 4 rings (SSSR count). The van der Waals surface area contributed by atoms with Crippen molar-refractivity contribution in [3.8, 4) is 5.69 Å². The van der Waals surface area contributed by atoms with Gasteiger partial charge in [-0.05, 0) is 36.8 Å². The highest BCUT2D eigenvalue weighted by Crippen LogP contribution is 2.21. The number of piperazine rings is 1. The monoisotopic (exact) mass is 412 g/mol. The van der Waals surface area contributed by atoms with Crippen LogP contribution in [0.5, 0.6) is 0 Å². The molecular weight excluding hydrogens is 392 g/mol. The molecule has 0 spiro atoms. The normalized spacial score (nSPS) is 14.3. The van der Waals surface area contributed by atoms with Crippen molar-refractivity contribution in [3.05, 3.63) is 70.9 Å². The first-order valence-electron chi connectivity index (χ1n) is 9.53. The van der Waals surface area contributed by atoms with Crippen LogP contribution in [0, 0.1) is 0 Å². The van der Waals surface area contributed by atoms with Crippen LogP contribution in [0.3, 0.4) is 0 Å². The molecule has 1 fully saturated rings. The fourth-order valence-electron chi connectivity index (χ4n) is 3.56. The van der Waals surface area contributed by atoms with Gasteiger partial charge < -0.3 is 14.2 Å². The lowest BCUT2D eigenvalue weighted by atomic mass is 10.1. The first kappa shape index (κ1) is 19.3. The summed E-state index contributed by atoms with van der Waals surface area (Å²) >= 11 is 6.10. The zero-order chi connectivity index (χ0) is 20.4. The maximum absolute atomic E-state index is 13.1. The number of carbonyl (C=O) groups excluding carboxylic acids is 2. The number of carbonyl (C=O) groups is 2. The molecule has 1 aromatic carbocycles. The molecule has 0 bridgehead atoms. The summed E-state index contributed by atoms with van der Waals surface area (Å²) in [6, 6.07) is 10.7. The Morgan fingerprint density at radius 1 is 1.07 bits per heavy atom. The van der Waals surface area contributed by atoms with Crippen LogP contribution >= 0.6 is 11.6 Å². The van der Waals surface area contributed by atoms with Crippen molar-refractivity contribution < 1.29 is 14.0 Å². The van der Waals surface area contributed by atoms with Crippen LogP contribution in [-0.2, 0) is 6.42 Å². The van der Waals surface area contributed by atoms with Crippen molar-refractivity contribution in [3.63, 3.8) is 0 Å². The Morgan fingerprint density at radius 3 is 2.41 bits per heavy atom. The molecule has 8 heteroatoms. The van der Waals surface area contributed by atoms with E-state index < -0.39 is 0 Å². The highest BCUT2D eigenvalue weighted by Gasteiger charge is 2.28. The number of hydrogen-bond donors (Lipinski definition) is 0. The van der Waals surface area contributed by atoms with Crippen molar-refractivity contribution in [1.82, 2.24) is 19.6 Å². The van der Waals surface area contributed by atoms with E-state index in [1.54, 1.807) is 38.9 Å². The van der Waals surface area contributed by atoms with Crippen LogP contribution in [-0.4, -0.2) is 57.6 Å². The van der Waals surface area contributed by atoms with Gasteiger partial charge in [0.25, 0.3) is 11.8 Å². The predicted octanol–water partition coefficient (Wildman–Crippen LogP) is 3.28. The highest BCUT2D eigenvalue weighted by atomic mass is 35.5. The topological polar surface area (TPSA) is 71.6 Å². The Kier molecular flexibility index (Phi) is 5.40. The molecule has 1 aliphatic rings. The maximum atomic E-state index is 13.1. The van der Waals surface area contributed by atoms with Gasteiger partial charge in [-0.3, -0.25) is 9.59 Å². The Bertz CT molecular complexity index is 1020. The first-order chi connectivity index (χ1) is 14.1. The van der Waals surface area contributed by atoms with Gasteiger partial charge in [0, 0.05) is 31.2 Å². The number of amides is 2. The molecule has 2 aromatic heterocycles. The third kappa shape index (κ3) is 3.78.